The minimum absolute atomic E-state index is 0.0981. The number of esters is 1. The molecule has 0 bridgehead atoms. The maximum absolute atomic E-state index is 12.3. The standard InChI is InChI=1S/C16H21NO2/c18-16(19-13-7-2-1-3-8-13)15-14-9-5-4-6-12(14)10-11-17-15/h4-6,9,13,15,17H,1-3,7-8,10-11H2. The maximum atomic E-state index is 12.3. The molecule has 3 rings (SSSR count). The molecule has 1 aliphatic heterocycles. The van der Waals surface area contributed by atoms with Gasteiger partial charge in [0.05, 0.1) is 0 Å². The van der Waals surface area contributed by atoms with Crippen LogP contribution in [0.1, 0.15) is 49.3 Å². The number of hydrogen-bond donors (Lipinski definition) is 1. The minimum Gasteiger partial charge on any atom is -0.461 e. The normalized spacial score (nSPS) is 23.7. The van der Waals surface area contributed by atoms with Crippen LogP contribution in [0.2, 0.25) is 0 Å². The van der Waals surface area contributed by atoms with Gasteiger partial charge in [-0.15, -0.1) is 0 Å². The van der Waals surface area contributed by atoms with Crippen molar-refractivity contribution in [2.45, 2.75) is 50.7 Å². The molecule has 0 amide bonds. The van der Waals surface area contributed by atoms with Gasteiger partial charge in [0.2, 0.25) is 0 Å². The smallest absolute Gasteiger partial charge is 0.328 e. The van der Waals surface area contributed by atoms with Crippen LogP contribution in [0, 0.1) is 0 Å². The first-order valence-electron chi connectivity index (χ1n) is 7.36. The second-order valence-corrected chi connectivity index (χ2v) is 5.53. The number of rotatable bonds is 2. The van der Waals surface area contributed by atoms with E-state index in [1.54, 1.807) is 0 Å². The van der Waals surface area contributed by atoms with Crippen molar-refractivity contribution in [3.8, 4) is 0 Å². The van der Waals surface area contributed by atoms with Gasteiger partial charge >= 0.3 is 5.97 Å². The van der Waals surface area contributed by atoms with Crippen molar-refractivity contribution in [1.82, 2.24) is 5.32 Å². The molecule has 1 atom stereocenters. The highest BCUT2D eigenvalue weighted by Gasteiger charge is 2.29. The van der Waals surface area contributed by atoms with Crippen LogP contribution < -0.4 is 5.32 Å². The average Bonchev–Trinajstić information content (AvgIpc) is 2.47. The number of nitrogens with one attached hydrogen (secondary N) is 1. The van der Waals surface area contributed by atoms with E-state index in [1.165, 1.54) is 24.8 Å². The van der Waals surface area contributed by atoms with Gasteiger partial charge < -0.3 is 10.1 Å². The Bertz CT molecular complexity index is 452. The van der Waals surface area contributed by atoms with E-state index in [-0.39, 0.29) is 18.1 Å². The molecule has 1 fully saturated rings. The van der Waals surface area contributed by atoms with E-state index in [0.29, 0.717) is 0 Å². The zero-order chi connectivity index (χ0) is 13.1. The fourth-order valence-corrected chi connectivity index (χ4v) is 3.13. The van der Waals surface area contributed by atoms with Gasteiger partial charge in [-0.05, 0) is 43.2 Å². The van der Waals surface area contributed by atoms with Gasteiger partial charge in [0, 0.05) is 6.54 Å². The summed E-state index contributed by atoms with van der Waals surface area (Å²) in [6.45, 7) is 0.849. The van der Waals surface area contributed by atoms with Gasteiger partial charge in [0.25, 0.3) is 0 Å². The SMILES string of the molecule is O=C(OC1CCCCC1)C1NCCc2ccccc21. The van der Waals surface area contributed by atoms with Gasteiger partial charge in [0.15, 0.2) is 0 Å². The molecule has 1 aliphatic carbocycles. The predicted molar refractivity (Wildman–Crippen MR) is 73.9 cm³/mol. The summed E-state index contributed by atoms with van der Waals surface area (Å²) in [6.07, 6.45) is 6.83. The Morgan fingerprint density at radius 1 is 1.16 bits per heavy atom. The first-order valence-corrected chi connectivity index (χ1v) is 7.36. The Kier molecular flexibility index (Phi) is 3.83. The Morgan fingerprint density at radius 3 is 2.79 bits per heavy atom. The number of fused-ring (bicyclic) bond motifs is 1. The second kappa shape index (κ2) is 5.74. The molecule has 3 heteroatoms. The molecule has 0 radical (unpaired) electrons. The highest BCUT2D eigenvalue weighted by Crippen LogP contribution is 2.26. The van der Waals surface area contributed by atoms with Crippen LogP contribution in [-0.2, 0) is 16.0 Å². The summed E-state index contributed by atoms with van der Waals surface area (Å²) in [6, 6.07) is 7.90. The molecular formula is C16H21NO2. The van der Waals surface area contributed by atoms with E-state index in [9.17, 15) is 4.79 Å². The van der Waals surface area contributed by atoms with Gasteiger partial charge in [-0.3, -0.25) is 0 Å². The number of benzene rings is 1. The minimum atomic E-state index is -0.271. The number of carbonyl (C=O) groups excluding carboxylic acids is 1. The summed E-state index contributed by atoms with van der Waals surface area (Å²) >= 11 is 0. The lowest BCUT2D eigenvalue weighted by Crippen LogP contribution is -2.37. The van der Waals surface area contributed by atoms with E-state index < -0.39 is 0 Å². The highest BCUT2D eigenvalue weighted by atomic mass is 16.5. The lowest BCUT2D eigenvalue weighted by molar-refractivity contribution is -0.153. The van der Waals surface area contributed by atoms with Crippen LogP contribution in [0.5, 0.6) is 0 Å². The molecule has 1 unspecified atom stereocenters. The molecule has 0 saturated heterocycles. The molecule has 1 N–H and O–H groups in total. The van der Waals surface area contributed by atoms with Crippen molar-refractivity contribution in [2.24, 2.45) is 0 Å². The van der Waals surface area contributed by atoms with Gasteiger partial charge in [0.1, 0.15) is 12.1 Å². The van der Waals surface area contributed by atoms with Gasteiger partial charge in [-0.1, -0.05) is 30.7 Å². The summed E-state index contributed by atoms with van der Waals surface area (Å²) in [5.74, 6) is -0.0981. The van der Waals surface area contributed by atoms with Crippen molar-refractivity contribution in [2.75, 3.05) is 6.54 Å². The molecule has 1 heterocycles. The molecular weight excluding hydrogens is 238 g/mol. The highest BCUT2D eigenvalue weighted by molar-refractivity contribution is 5.78. The van der Waals surface area contributed by atoms with E-state index in [0.717, 1.165) is 31.4 Å². The molecule has 19 heavy (non-hydrogen) atoms. The van der Waals surface area contributed by atoms with E-state index in [2.05, 4.69) is 11.4 Å². The number of ether oxygens (including phenoxy) is 1. The Labute approximate surface area is 114 Å². The van der Waals surface area contributed by atoms with Crippen LogP contribution in [0.3, 0.4) is 0 Å². The molecule has 1 aromatic rings. The zero-order valence-corrected chi connectivity index (χ0v) is 11.2. The fraction of sp³-hybridized carbons (Fsp3) is 0.562. The summed E-state index contributed by atoms with van der Waals surface area (Å²) in [5, 5.41) is 3.29. The Balaban J connectivity index is 1.70. The van der Waals surface area contributed by atoms with Crippen molar-refractivity contribution < 1.29 is 9.53 Å². The summed E-state index contributed by atoms with van der Waals surface area (Å²) < 4.78 is 5.69. The van der Waals surface area contributed by atoms with Crippen molar-refractivity contribution in [1.29, 1.82) is 0 Å². The van der Waals surface area contributed by atoms with Crippen molar-refractivity contribution in [3.05, 3.63) is 35.4 Å². The predicted octanol–water partition coefficient (Wildman–Crippen LogP) is 2.75. The first-order chi connectivity index (χ1) is 9.34. The van der Waals surface area contributed by atoms with Crippen molar-refractivity contribution in [3.63, 3.8) is 0 Å². The molecule has 0 aromatic heterocycles. The molecule has 1 saturated carbocycles. The van der Waals surface area contributed by atoms with Crippen LogP contribution in [0.25, 0.3) is 0 Å². The first kappa shape index (κ1) is 12.7. The van der Waals surface area contributed by atoms with Crippen LogP contribution >= 0.6 is 0 Å². The lowest BCUT2D eigenvalue weighted by Gasteiger charge is -2.28. The molecule has 0 spiro atoms. The number of carbonyl (C=O) groups is 1. The number of hydrogen-bond acceptors (Lipinski definition) is 3. The third-order valence-electron chi connectivity index (χ3n) is 4.18. The van der Waals surface area contributed by atoms with E-state index in [4.69, 9.17) is 4.74 Å². The Morgan fingerprint density at radius 2 is 1.95 bits per heavy atom. The second-order valence-electron chi connectivity index (χ2n) is 5.53. The topological polar surface area (TPSA) is 38.3 Å². The third-order valence-corrected chi connectivity index (χ3v) is 4.18. The average molecular weight is 259 g/mol. The summed E-state index contributed by atoms with van der Waals surface area (Å²) in [4.78, 5) is 12.3. The van der Waals surface area contributed by atoms with Gasteiger partial charge in [-0.25, -0.2) is 4.79 Å². The Hall–Kier alpha value is -1.35. The zero-order valence-electron chi connectivity index (χ0n) is 11.2. The third kappa shape index (κ3) is 2.81. The maximum Gasteiger partial charge on any atom is 0.328 e. The molecule has 3 nitrogen and oxygen atoms in total. The van der Waals surface area contributed by atoms with Crippen LogP contribution in [0.4, 0.5) is 0 Å². The summed E-state index contributed by atoms with van der Waals surface area (Å²) in [5.41, 5.74) is 2.36. The monoisotopic (exact) mass is 259 g/mol. The van der Waals surface area contributed by atoms with Crippen LogP contribution in [0.15, 0.2) is 24.3 Å². The molecule has 1 aromatic carbocycles. The molecule has 2 aliphatic rings. The van der Waals surface area contributed by atoms with Gasteiger partial charge in [-0.2, -0.15) is 0 Å². The quantitative estimate of drug-likeness (QED) is 0.830. The molecule has 102 valence electrons. The van der Waals surface area contributed by atoms with Crippen LogP contribution in [-0.4, -0.2) is 18.6 Å². The largest absolute Gasteiger partial charge is 0.461 e. The van der Waals surface area contributed by atoms with Crippen molar-refractivity contribution >= 4 is 5.97 Å². The summed E-state index contributed by atoms with van der Waals surface area (Å²) in [7, 11) is 0. The van der Waals surface area contributed by atoms with E-state index in [1.807, 2.05) is 18.2 Å². The van der Waals surface area contributed by atoms with E-state index >= 15 is 0 Å². The lowest BCUT2D eigenvalue weighted by atomic mass is 9.94. The fourth-order valence-electron chi connectivity index (χ4n) is 3.13.